The van der Waals surface area contributed by atoms with Gasteiger partial charge in [0, 0.05) is 6.07 Å². The number of rotatable bonds is 3. The summed E-state index contributed by atoms with van der Waals surface area (Å²) >= 11 is 0. The maximum absolute atomic E-state index is 10.7. The molecule has 86 valence electrons. The van der Waals surface area contributed by atoms with Crippen LogP contribution in [0.3, 0.4) is 0 Å². The minimum absolute atomic E-state index is 0.000154. The smallest absolute Gasteiger partial charge is 0.278 e. The number of tetrazole rings is 1. The molecule has 0 bridgehead atoms. The van der Waals surface area contributed by atoms with Gasteiger partial charge in [-0.3, -0.25) is 10.1 Å². The van der Waals surface area contributed by atoms with Gasteiger partial charge < -0.3 is 5.73 Å². The molecule has 0 fully saturated rings. The molecule has 2 N–H and O–H groups in total. The van der Waals surface area contributed by atoms with Crippen molar-refractivity contribution in [2.24, 2.45) is 5.10 Å². The third-order valence-corrected chi connectivity index (χ3v) is 1.92. The number of aromatic nitrogens is 4. The van der Waals surface area contributed by atoms with Gasteiger partial charge in [0.15, 0.2) is 0 Å². The fraction of sp³-hybridized carbons (Fsp3) is 0. The summed E-state index contributed by atoms with van der Waals surface area (Å²) in [7, 11) is 0. The number of nitro groups is 1. The van der Waals surface area contributed by atoms with Gasteiger partial charge in [-0.2, -0.15) is 5.10 Å². The van der Waals surface area contributed by atoms with Crippen LogP contribution in [0.1, 0.15) is 5.56 Å². The standard InChI is InChI=1S/C8H7N7O2/c9-8-11-12-13-14(8)10-5-6-3-1-2-4-7(6)15(16)17/h1-5H,(H2,9,11,13)/b10-5+. The predicted molar refractivity (Wildman–Crippen MR) is 58.3 cm³/mol. The van der Waals surface area contributed by atoms with Crippen LogP contribution < -0.4 is 5.73 Å². The molecule has 0 amide bonds. The highest BCUT2D eigenvalue weighted by Crippen LogP contribution is 2.15. The lowest BCUT2D eigenvalue weighted by atomic mass is 10.2. The van der Waals surface area contributed by atoms with Crippen molar-refractivity contribution in [3.63, 3.8) is 0 Å². The number of hydrogen-bond donors (Lipinski definition) is 1. The van der Waals surface area contributed by atoms with Crippen LogP contribution in [0.2, 0.25) is 0 Å². The summed E-state index contributed by atoms with van der Waals surface area (Å²) in [6.45, 7) is 0. The second-order valence-electron chi connectivity index (χ2n) is 2.99. The molecular weight excluding hydrogens is 226 g/mol. The Morgan fingerprint density at radius 1 is 1.47 bits per heavy atom. The third-order valence-electron chi connectivity index (χ3n) is 1.92. The quantitative estimate of drug-likeness (QED) is 0.453. The summed E-state index contributed by atoms with van der Waals surface area (Å²) in [6, 6.07) is 6.17. The molecule has 0 aliphatic heterocycles. The van der Waals surface area contributed by atoms with Crippen LogP contribution >= 0.6 is 0 Å². The Morgan fingerprint density at radius 3 is 2.88 bits per heavy atom. The lowest BCUT2D eigenvalue weighted by Crippen LogP contribution is -2.00. The van der Waals surface area contributed by atoms with E-state index in [-0.39, 0.29) is 11.6 Å². The SMILES string of the molecule is Nc1nnnn1/N=C/c1ccccc1[N+](=O)[O-]. The van der Waals surface area contributed by atoms with Crippen LogP contribution in [0.4, 0.5) is 11.6 Å². The molecule has 0 radical (unpaired) electrons. The van der Waals surface area contributed by atoms with E-state index in [1.165, 1.54) is 12.3 Å². The Hall–Kier alpha value is -2.84. The molecular formula is C8H7N7O2. The number of nitrogen functional groups attached to an aromatic ring is 1. The first kappa shape index (κ1) is 10.7. The van der Waals surface area contributed by atoms with Crippen LogP contribution in [0, 0.1) is 10.1 Å². The van der Waals surface area contributed by atoms with Crippen LogP contribution in [0.25, 0.3) is 0 Å². The van der Waals surface area contributed by atoms with Crippen molar-refractivity contribution < 1.29 is 4.92 Å². The molecule has 0 saturated heterocycles. The number of anilines is 1. The minimum Gasteiger partial charge on any atom is -0.365 e. The van der Waals surface area contributed by atoms with E-state index in [2.05, 4.69) is 20.6 Å². The molecule has 9 heteroatoms. The predicted octanol–water partition coefficient (Wildman–Crippen LogP) is 0.0457. The molecule has 0 atom stereocenters. The first-order chi connectivity index (χ1) is 8.18. The van der Waals surface area contributed by atoms with Crippen LogP contribution in [0.5, 0.6) is 0 Å². The topological polar surface area (TPSA) is 125 Å². The van der Waals surface area contributed by atoms with Crippen LogP contribution in [0.15, 0.2) is 29.4 Å². The molecule has 9 nitrogen and oxygen atoms in total. The van der Waals surface area contributed by atoms with Crippen LogP contribution in [-0.4, -0.2) is 31.5 Å². The molecule has 1 aromatic heterocycles. The van der Waals surface area contributed by atoms with Crippen molar-refractivity contribution in [1.29, 1.82) is 0 Å². The minimum atomic E-state index is -0.496. The second kappa shape index (κ2) is 4.35. The molecule has 0 saturated carbocycles. The maximum Gasteiger partial charge on any atom is 0.278 e. The van der Waals surface area contributed by atoms with Crippen molar-refractivity contribution in [2.75, 3.05) is 5.73 Å². The first-order valence-corrected chi connectivity index (χ1v) is 4.50. The van der Waals surface area contributed by atoms with Gasteiger partial charge in [0.2, 0.25) is 0 Å². The Labute approximate surface area is 94.7 Å². The van der Waals surface area contributed by atoms with Gasteiger partial charge in [-0.1, -0.05) is 22.0 Å². The van der Waals surface area contributed by atoms with E-state index in [1.807, 2.05) is 0 Å². The number of hydrogen-bond acceptors (Lipinski definition) is 7. The van der Waals surface area contributed by atoms with Crippen molar-refractivity contribution in [3.05, 3.63) is 39.9 Å². The van der Waals surface area contributed by atoms with Gasteiger partial charge in [-0.25, -0.2) is 0 Å². The van der Waals surface area contributed by atoms with E-state index in [0.29, 0.717) is 5.56 Å². The fourth-order valence-electron chi connectivity index (χ4n) is 1.15. The number of nitrogens with two attached hydrogens (primary N) is 1. The molecule has 2 rings (SSSR count). The molecule has 0 aliphatic carbocycles. The lowest BCUT2D eigenvalue weighted by molar-refractivity contribution is -0.385. The van der Waals surface area contributed by atoms with Crippen molar-refractivity contribution in [2.45, 2.75) is 0 Å². The molecule has 17 heavy (non-hydrogen) atoms. The molecule has 1 heterocycles. The van der Waals surface area contributed by atoms with Crippen molar-refractivity contribution >= 4 is 17.9 Å². The third kappa shape index (κ3) is 2.22. The average molecular weight is 233 g/mol. The van der Waals surface area contributed by atoms with Crippen LogP contribution in [-0.2, 0) is 0 Å². The zero-order chi connectivity index (χ0) is 12.3. The van der Waals surface area contributed by atoms with E-state index in [4.69, 9.17) is 5.73 Å². The summed E-state index contributed by atoms with van der Waals surface area (Å²) in [5.74, 6) is -0.000154. The zero-order valence-corrected chi connectivity index (χ0v) is 8.46. The second-order valence-corrected chi connectivity index (χ2v) is 2.99. The number of nitro benzene ring substituents is 1. The van der Waals surface area contributed by atoms with Gasteiger partial charge in [0.05, 0.1) is 16.7 Å². The highest BCUT2D eigenvalue weighted by atomic mass is 16.6. The first-order valence-electron chi connectivity index (χ1n) is 4.50. The maximum atomic E-state index is 10.7. The number of benzene rings is 1. The van der Waals surface area contributed by atoms with E-state index in [9.17, 15) is 10.1 Å². The Balaban J connectivity index is 2.33. The Morgan fingerprint density at radius 2 is 2.24 bits per heavy atom. The highest BCUT2D eigenvalue weighted by Gasteiger charge is 2.10. The van der Waals surface area contributed by atoms with Gasteiger partial charge >= 0.3 is 0 Å². The van der Waals surface area contributed by atoms with E-state index in [1.54, 1.807) is 18.2 Å². The summed E-state index contributed by atoms with van der Waals surface area (Å²) in [5, 5.41) is 24.7. The van der Waals surface area contributed by atoms with E-state index in [0.717, 1.165) is 4.79 Å². The average Bonchev–Trinajstić information content (AvgIpc) is 2.72. The normalized spacial score (nSPS) is 10.8. The Bertz CT molecular complexity index is 577. The molecule has 2 aromatic rings. The van der Waals surface area contributed by atoms with Crippen molar-refractivity contribution in [3.8, 4) is 0 Å². The van der Waals surface area contributed by atoms with E-state index < -0.39 is 4.92 Å². The summed E-state index contributed by atoms with van der Waals surface area (Å²) in [6.07, 6.45) is 1.27. The molecule has 0 spiro atoms. The van der Waals surface area contributed by atoms with Gasteiger partial charge in [0.1, 0.15) is 0 Å². The molecule has 0 aliphatic rings. The zero-order valence-electron chi connectivity index (χ0n) is 8.46. The fourth-order valence-corrected chi connectivity index (χ4v) is 1.15. The molecule has 0 unspecified atom stereocenters. The number of para-hydroxylation sites is 1. The molecule has 1 aromatic carbocycles. The Kier molecular flexibility index (Phi) is 2.73. The monoisotopic (exact) mass is 233 g/mol. The van der Waals surface area contributed by atoms with Gasteiger partial charge in [-0.05, 0) is 16.5 Å². The van der Waals surface area contributed by atoms with Gasteiger partial charge in [0.25, 0.3) is 11.6 Å². The highest BCUT2D eigenvalue weighted by molar-refractivity contribution is 5.85. The number of nitrogens with zero attached hydrogens (tertiary/aromatic N) is 6. The lowest BCUT2D eigenvalue weighted by Gasteiger charge is -1.95. The van der Waals surface area contributed by atoms with E-state index >= 15 is 0 Å². The van der Waals surface area contributed by atoms with Gasteiger partial charge in [-0.15, -0.1) is 0 Å². The largest absolute Gasteiger partial charge is 0.365 e. The summed E-state index contributed by atoms with van der Waals surface area (Å²) in [5.41, 5.74) is 5.67. The van der Waals surface area contributed by atoms with Crippen molar-refractivity contribution in [1.82, 2.24) is 20.3 Å². The summed E-state index contributed by atoms with van der Waals surface area (Å²) in [4.78, 5) is 11.2. The summed E-state index contributed by atoms with van der Waals surface area (Å²) < 4.78 is 0.